The highest BCUT2D eigenvalue weighted by Crippen LogP contribution is 2.19. The van der Waals surface area contributed by atoms with Gasteiger partial charge in [-0.2, -0.15) is 0 Å². The second-order valence-electron chi connectivity index (χ2n) is 7.38. The zero-order valence-corrected chi connectivity index (χ0v) is 18.3. The fourth-order valence-corrected chi connectivity index (χ4v) is 4.11. The van der Waals surface area contributed by atoms with Gasteiger partial charge in [0.2, 0.25) is 0 Å². The van der Waals surface area contributed by atoms with Crippen LogP contribution in [-0.2, 0) is 4.79 Å². The number of nitrogens with one attached hydrogen (secondary N) is 4. The van der Waals surface area contributed by atoms with E-state index in [1.54, 1.807) is 24.3 Å². The van der Waals surface area contributed by atoms with E-state index in [9.17, 15) is 9.59 Å². The van der Waals surface area contributed by atoms with Crippen LogP contribution in [0.15, 0.2) is 54.1 Å². The van der Waals surface area contributed by atoms with Crippen molar-refractivity contribution in [1.82, 2.24) is 21.3 Å². The summed E-state index contributed by atoms with van der Waals surface area (Å²) in [6, 6.07) is 8.97. The van der Waals surface area contributed by atoms with Crippen LogP contribution in [0.1, 0.15) is 48.9 Å². The van der Waals surface area contributed by atoms with Crippen molar-refractivity contribution in [3.05, 3.63) is 59.7 Å². The van der Waals surface area contributed by atoms with E-state index in [2.05, 4.69) is 21.3 Å². The lowest BCUT2D eigenvalue weighted by Crippen LogP contribution is -2.57. The molecule has 0 spiro atoms. The molecule has 2 atom stereocenters. The summed E-state index contributed by atoms with van der Waals surface area (Å²) in [5.41, 5.74) is 1.28. The summed E-state index contributed by atoms with van der Waals surface area (Å²) in [6.07, 6.45) is 11.2. The molecule has 0 aliphatic heterocycles. The molecule has 1 fully saturated rings. The monoisotopic (exact) mass is 442 g/mol. The first-order valence-electron chi connectivity index (χ1n) is 10.2. The Morgan fingerprint density at radius 2 is 1.47 bits per heavy atom. The summed E-state index contributed by atoms with van der Waals surface area (Å²) in [5, 5.41) is 12.6. The number of allylic oxidation sites excluding steroid dienone is 3. The number of benzene rings is 1. The Morgan fingerprint density at radius 1 is 0.867 bits per heavy atom. The Labute approximate surface area is 187 Å². The minimum absolute atomic E-state index is 0.00834. The van der Waals surface area contributed by atoms with Crippen LogP contribution >= 0.6 is 24.4 Å². The summed E-state index contributed by atoms with van der Waals surface area (Å²) >= 11 is 10.7. The van der Waals surface area contributed by atoms with E-state index in [4.69, 9.17) is 24.4 Å². The van der Waals surface area contributed by atoms with Gasteiger partial charge in [-0.05, 0) is 62.3 Å². The van der Waals surface area contributed by atoms with Crippen molar-refractivity contribution in [2.45, 2.75) is 50.6 Å². The Balaban J connectivity index is 1.51. The molecule has 2 unspecified atom stereocenters. The number of amides is 2. The molecule has 0 heterocycles. The highest BCUT2D eigenvalue weighted by Gasteiger charge is 2.27. The van der Waals surface area contributed by atoms with Gasteiger partial charge in [0.25, 0.3) is 11.8 Å². The SMILES string of the molecule is O=C(NC(=S)NC1CCCCC1NC(=S)NC(=O)c1ccccc1)C1=CC=CCC1. The van der Waals surface area contributed by atoms with Crippen LogP contribution in [0.5, 0.6) is 0 Å². The second-order valence-corrected chi connectivity index (χ2v) is 8.19. The van der Waals surface area contributed by atoms with Crippen molar-refractivity contribution in [1.29, 1.82) is 0 Å². The predicted molar refractivity (Wildman–Crippen MR) is 126 cm³/mol. The number of thiocarbonyl (C=S) groups is 2. The van der Waals surface area contributed by atoms with Gasteiger partial charge in [-0.15, -0.1) is 0 Å². The highest BCUT2D eigenvalue weighted by atomic mass is 32.1. The first-order chi connectivity index (χ1) is 14.5. The first-order valence-corrected chi connectivity index (χ1v) is 11.0. The zero-order valence-electron chi connectivity index (χ0n) is 16.6. The normalized spacial score (nSPS) is 20.5. The summed E-state index contributed by atoms with van der Waals surface area (Å²) in [6.45, 7) is 0. The van der Waals surface area contributed by atoms with Gasteiger partial charge in [-0.25, -0.2) is 0 Å². The minimum Gasteiger partial charge on any atom is -0.358 e. The van der Waals surface area contributed by atoms with Gasteiger partial charge in [0.15, 0.2) is 10.2 Å². The second kappa shape index (κ2) is 11.0. The topological polar surface area (TPSA) is 82.3 Å². The Kier molecular flexibility index (Phi) is 8.10. The summed E-state index contributed by atoms with van der Waals surface area (Å²) in [5.74, 6) is -0.408. The van der Waals surface area contributed by atoms with Crippen LogP contribution in [-0.4, -0.2) is 34.1 Å². The van der Waals surface area contributed by atoms with E-state index in [1.165, 1.54) is 0 Å². The Bertz CT molecular complexity index is 867. The lowest BCUT2D eigenvalue weighted by Gasteiger charge is -2.34. The average Bonchev–Trinajstić information content (AvgIpc) is 2.76. The van der Waals surface area contributed by atoms with Crippen LogP contribution in [0.2, 0.25) is 0 Å². The van der Waals surface area contributed by atoms with Gasteiger partial charge in [0, 0.05) is 23.2 Å². The molecule has 2 aliphatic rings. The maximum absolute atomic E-state index is 12.3. The van der Waals surface area contributed by atoms with E-state index in [1.807, 2.05) is 24.3 Å². The average molecular weight is 443 g/mol. The van der Waals surface area contributed by atoms with Crippen molar-refractivity contribution < 1.29 is 9.59 Å². The molecular formula is C22H26N4O2S2. The molecule has 2 aliphatic carbocycles. The lowest BCUT2D eigenvalue weighted by molar-refractivity contribution is -0.116. The largest absolute Gasteiger partial charge is 0.358 e. The van der Waals surface area contributed by atoms with Crippen molar-refractivity contribution in [3.63, 3.8) is 0 Å². The van der Waals surface area contributed by atoms with E-state index < -0.39 is 0 Å². The maximum atomic E-state index is 12.3. The molecule has 6 nitrogen and oxygen atoms in total. The van der Waals surface area contributed by atoms with E-state index >= 15 is 0 Å². The van der Waals surface area contributed by atoms with Crippen molar-refractivity contribution in [3.8, 4) is 0 Å². The summed E-state index contributed by atoms with van der Waals surface area (Å²) < 4.78 is 0. The number of hydrogen-bond donors (Lipinski definition) is 4. The highest BCUT2D eigenvalue weighted by molar-refractivity contribution is 7.80. The van der Waals surface area contributed by atoms with Gasteiger partial charge in [0.05, 0.1) is 0 Å². The van der Waals surface area contributed by atoms with Crippen LogP contribution in [0, 0.1) is 0 Å². The van der Waals surface area contributed by atoms with Gasteiger partial charge < -0.3 is 10.6 Å². The molecule has 0 radical (unpaired) electrons. The van der Waals surface area contributed by atoms with Crippen LogP contribution in [0.3, 0.4) is 0 Å². The third-order valence-corrected chi connectivity index (χ3v) is 5.63. The maximum Gasteiger partial charge on any atom is 0.257 e. The van der Waals surface area contributed by atoms with Gasteiger partial charge in [-0.3, -0.25) is 20.2 Å². The molecule has 8 heteroatoms. The van der Waals surface area contributed by atoms with E-state index in [-0.39, 0.29) is 29.0 Å². The van der Waals surface area contributed by atoms with Crippen molar-refractivity contribution in [2.24, 2.45) is 0 Å². The van der Waals surface area contributed by atoms with Gasteiger partial charge >= 0.3 is 0 Å². The molecule has 0 bridgehead atoms. The lowest BCUT2D eigenvalue weighted by atomic mass is 9.90. The van der Waals surface area contributed by atoms with E-state index in [0.29, 0.717) is 17.1 Å². The van der Waals surface area contributed by atoms with Crippen molar-refractivity contribution >= 4 is 46.5 Å². The number of carbonyl (C=O) groups excluding carboxylic acids is 2. The van der Waals surface area contributed by atoms with Crippen LogP contribution in [0.4, 0.5) is 0 Å². The predicted octanol–water partition coefficient (Wildman–Crippen LogP) is 2.87. The number of carbonyl (C=O) groups is 2. The first kappa shape index (κ1) is 22.1. The molecule has 2 amide bonds. The summed E-state index contributed by atoms with van der Waals surface area (Å²) in [7, 11) is 0. The number of rotatable bonds is 4. The third-order valence-electron chi connectivity index (χ3n) is 5.19. The molecule has 1 aromatic rings. The zero-order chi connectivity index (χ0) is 21.3. The van der Waals surface area contributed by atoms with Gasteiger partial charge in [-0.1, -0.05) is 49.3 Å². The quantitative estimate of drug-likeness (QED) is 0.537. The van der Waals surface area contributed by atoms with Crippen LogP contribution < -0.4 is 21.3 Å². The molecule has 30 heavy (non-hydrogen) atoms. The smallest absolute Gasteiger partial charge is 0.257 e. The molecule has 0 saturated heterocycles. The minimum atomic E-state index is -0.244. The molecule has 1 aromatic carbocycles. The fourth-order valence-electron chi connectivity index (χ4n) is 3.63. The molecule has 0 aromatic heterocycles. The van der Waals surface area contributed by atoms with Gasteiger partial charge in [0.1, 0.15) is 0 Å². The Morgan fingerprint density at radius 3 is 2.03 bits per heavy atom. The fraction of sp³-hybridized carbons (Fsp3) is 0.364. The van der Waals surface area contributed by atoms with Crippen LogP contribution in [0.25, 0.3) is 0 Å². The Hall–Kier alpha value is -2.58. The molecule has 4 N–H and O–H groups in total. The standard InChI is InChI=1S/C22H26N4O2S2/c27-19(15-9-3-1-4-10-15)25-21(29)23-17-13-7-8-14-18(17)24-22(30)26-20(28)16-11-5-2-6-12-16/h1-5,9-11,17-18H,6-8,12-14H2,(H2,23,25,27,29)(H2,24,26,28,30). The summed E-state index contributed by atoms with van der Waals surface area (Å²) in [4.78, 5) is 24.6. The molecular weight excluding hydrogens is 416 g/mol. The molecule has 1 saturated carbocycles. The number of hydrogen-bond acceptors (Lipinski definition) is 4. The van der Waals surface area contributed by atoms with E-state index in [0.717, 1.165) is 37.7 Å². The third kappa shape index (κ3) is 6.47. The molecule has 158 valence electrons. The van der Waals surface area contributed by atoms with Crippen molar-refractivity contribution in [2.75, 3.05) is 0 Å². The molecule has 3 rings (SSSR count).